The highest BCUT2D eigenvalue weighted by atomic mass is 35.5. The molecule has 2 rings (SSSR count). The zero-order chi connectivity index (χ0) is 13.0. The second-order valence-electron chi connectivity index (χ2n) is 3.52. The lowest BCUT2D eigenvalue weighted by molar-refractivity contribution is 1.35. The Labute approximate surface area is 120 Å². The van der Waals surface area contributed by atoms with Gasteiger partial charge in [-0.05, 0) is 30.3 Å². The van der Waals surface area contributed by atoms with Crippen LogP contribution in [-0.2, 0) is 0 Å². The van der Waals surface area contributed by atoms with Crippen molar-refractivity contribution in [2.24, 2.45) is 5.10 Å². The van der Waals surface area contributed by atoms with Gasteiger partial charge in [0.05, 0.1) is 21.9 Å². The molecule has 2 nitrogen and oxygen atoms in total. The summed E-state index contributed by atoms with van der Waals surface area (Å²) >= 11 is 17.7. The van der Waals surface area contributed by atoms with Gasteiger partial charge in [0.15, 0.2) is 0 Å². The van der Waals surface area contributed by atoms with Crippen molar-refractivity contribution in [3.63, 3.8) is 0 Å². The average Bonchev–Trinajstić information content (AvgIpc) is 2.37. The monoisotopic (exact) mass is 298 g/mol. The van der Waals surface area contributed by atoms with E-state index in [9.17, 15) is 0 Å². The summed E-state index contributed by atoms with van der Waals surface area (Å²) in [5.41, 5.74) is 4.47. The molecule has 0 atom stereocenters. The summed E-state index contributed by atoms with van der Waals surface area (Å²) in [7, 11) is 0. The Bertz CT molecular complexity index is 565. The van der Waals surface area contributed by atoms with Crippen LogP contribution in [-0.4, -0.2) is 6.21 Å². The fourth-order valence-electron chi connectivity index (χ4n) is 1.32. The van der Waals surface area contributed by atoms with Crippen molar-refractivity contribution in [3.05, 3.63) is 63.1 Å². The molecule has 0 amide bonds. The van der Waals surface area contributed by atoms with E-state index in [1.807, 2.05) is 24.3 Å². The van der Waals surface area contributed by atoms with E-state index in [0.29, 0.717) is 15.1 Å². The Morgan fingerprint density at radius 3 is 2.39 bits per heavy atom. The molecule has 0 unspecified atom stereocenters. The standard InChI is InChI=1S/C13H9Cl3N2/c14-10-4-6-11(7-5-10)18-17-8-9-2-1-3-12(15)13(9)16/h1-8,18H/b17-8-. The fraction of sp³-hybridized carbons (Fsp3) is 0. The van der Waals surface area contributed by atoms with E-state index in [-0.39, 0.29) is 0 Å². The van der Waals surface area contributed by atoms with Crippen LogP contribution < -0.4 is 5.43 Å². The summed E-state index contributed by atoms with van der Waals surface area (Å²) in [6.45, 7) is 0. The molecule has 0 fully saturated rings. The lowest BCUT2D eigenvalue weighted by atomic mass is 10.2. The molecule has 5 heteroatoms. The maximum Gasteiger partial charge on any atom is 0.0680 e. The SMILES string of the molecule is Clc1ccc(N/N=C\c2cccc(Cl)c2Cl)cc1. The highest BCUT2D eigenvalue weighted by Crippen LogP contribution is 2.24. The lowest BCUT2D eigenvalue weighted by Gasteiger charge is -2.01. The van der Waals surface area contributed by atoms with Crippen LogP contribution in [0.2, 0.25) is 15.1 Å². The molecule has 0 saturated carbocycles. The van der Waals surface area contributed by atoms with E-state index < -0.39 is 0 Å². The van der Waals surface area contributed by atoms with Gasteiger partial charge < -0.3 is 0 Å². The van der Waals surface area contributed by atoms with Crippen molar-refractivity contribution in [1.29, 1.82) is 0 Å². The van der Waals surface area contributed by atoms with Crippen molar-refractivity contribution in [2.75, 3.05) is 5.43 Å². The highest BCUT2D eigenvalue weighted by Gasteiger charge is 2.00. The summed E-state index contributed by atoms with van der Waals surface area (Å²) in [5, 5.41) is 5.76. The molecule has 0 bridgehead atoms. The molecule has 18 heavy (non-hydrogen) atoms. The van der Waals surface area contributed by atoms with Gasteiger partial charge in [0.25, 0.3) is 0 Å². The number of hydrogen-bond donors (Lipinski definition) is 1. The molecule has 0 saturated heterocycles. The second kappa shape index (κ2) is 6.10. The van der Waals surface area contributed by atoms with Crippen LogP contribution >= 0.6 is 34.8 Å². The van der Waals surface area contributed by atoms with Crippen molar-refractivity contribution >= 4 is 46.7 Å². The van der Waals surface area contributed by atoms with Crippen LogP contribution in [0.3, 0.4) is 0 Å². The molecule has 0 radical (unpaired) electrons. The molecule has 2 aromatic carbocycles. The van der Waals surface area contributed by atoms with Gasteiger partial charge in [-0.15, -0.1) is 0 Å². The lowest BCUT2D eigenvalue weighted by Crippen LogP contribution is -1.91. The summed E-state index contributed by atoms with van der Waals surface area (Å²) in [6, 6.07) is 12.6. The molecular formula is C13H9Cl3N2. The third-order valence-electron chi connectivity index (χ3n) is 2.22. The first kappa shape index (κ1) is 13.2. The maximum atomic E-state index is 6.03. The van der Waals surface area contributed by atoms with Gasteiger partial charge in [-0.3, -0.25) is 5.43 Å². The Morgan fingerprint density at radius 1 is 0.944 bits per heavy atom. The predicted molar refractivity (Wildman–Crippen MR) is 79.1 cm³/mol. The van der Waals surface area contributed by atoms with E-state index >= 15 is 0 Å². The maximum absolute atomic E-state index is 6.03. The summed E-state index contributed by atoms with van der Waals surface area (Å²) < 4.78 is 0. The first-order chi connectivity index (χ1) is 8.66. The number of benzene rings is 2. The molecule has 92 valence electrons. The molecule has 2 aromatic rings. The van der Waals surface area contributed by atoms with Gasteiger partial charge in [-0.2, -0.15) is 5.10 Å². The quantitative estimate of drug-likeness (QED) is 0.619. The van der Waals surface area contributed by atoms with Crippen LogP contribution in [0.4, 0.5) is 5.69 Å². The normalized spacial score (nSPS) is 10.8. The van der Waals surface area contributed by atoms with Gasteiger partial charge in [0.2, 0.25) is 0 Å². The van der Waals surface area contributed by atoms with Crippen molar-refractivity contribution in [2.45, 2.75) is 0 Å². The smallest absolute Gasteiger partial charge is 0.0680 e. The topological polar surface area (TPSA) is 24.4 Å². The highest BCUT2D eigenvalue weighted by molar-refractivity contribution is 6.43. The number of hydrogen-bond acceptors (Lipinski definition) is 2. The minimum Gasteiger partial charge on any atom is -0.279 e. The van der Waals surface area contributed by atoms with Crippen LogP contribution in [0.15, 0.2) is 47.6 Å². The van der Waals surface area contributed by atoms with Crippen molar-refractivity contribution in [3.8, 4) is 0 Å². The summed E-state index contributed by atoms with van der Waals surface area (Å²) in [4.78, 5) is 0. The van der Waals surface area contributed by atoms with Crippen molar-refractivity contribution in [1.82, 2.24) is 0 Å². The van der Waals surface area contributed by atoms with Crippen molar-refractivity contribution < 1.29 is 0 Å². The minimum atomic E-state index is 0.487. The Morgan fingerprint density at radius 2 is 1.67 bits per heavy atom. The molecule has 0 aliphatic heterocycles. The number of nitrogens with zero attached hydrogens (tertiary/aromatic N) is 1. The van der Waals surface area contributed by atoms with Gasteiger partial charge in [0, 0.05) is 10.6 Å². The molecule has 0 aliphatic carbocycles. The van der Waals surface area contributed by atoms with Gasteiger partial charge in [-0.25, -0.2) is 0 Å². The number of hydrazone groups is 1. The number of anilines is 1. The number of rotatable bonds is 3. The van der Waals surface area contributed by atoms with Crippen LogP contribution in [0.25, 0.3) is 0 Å². The number of halogens is 3. The van der Waals surface area contributed by atoms with Crippen LogP contribution in [0, 0.1) is 0 Å². The van der Waals surface area contributed by atoms with Gasteiger partial charge >= 0.3 is 0 Å². The second-order valence-corrected chi connectivity index (χ2v) is 4.74. The van der Waals surface area contributed by atoms with E-state index in [4.69, 9.17) is 34.8 Å². The molecule has 0 spiro atoms. The van der Waals surface area contributed by atoms with Gasteiger partial charge in [0.1, 0.15) is 0 Å². The van der Waals surface area contributed by atoms with E-state index in [1.165, 1.54) is 0 Å². The number of nitrogens with one attached hydrogen (secondary N) is 1. The molecular weight excluding hydrogens is 291 g/mol. The summed E-state index contributed by atoms with van der Waals surface area (Å²) in [5.74, 6) is 0. The first-order valence-corrected chi connectivity index (χ1v) is 6.29. The Balaban J connectivity index is 2.07. The van der Waals surface area contributed by atoms with E-state index in [1.54, 1.807) is 24.4 Å². The van der Waals surface area contributed by atoms with E-state index in [2.05, 4.69) is 10.5 Å². The molecule has 1 N–H and O–H groups in total. The fourth-order valence-corrected chi connectivity index (χ4v) is 1.80. The van der Waals surface area contributed by atoms with Crippen LogP contribution in [0.1, 0.15) is 5.56 Å². The third kappa shape index (κ3) is 3.39. The largest absolute Gasteiger partial charge is 0.279 e. The average molecular weight is 300 g/mol. The van der Waals surface area contributed by atoms with Crippen LogP contribution in [0.5, 0.6) is 0 Å². The third-order valence-corrected chi connectivity index (χ3v) is 3.31. The molecule has 0 aliphatic rings. The zero-order valence-electron chi connectivity index (χ0n) is 9.20. The van der Waals surface area contributed by atoms with Gasteiger partial charge in [-0.1, -0.05) is 46.9 Å². The first-order valence-electron chi connectivity index (χ1n) is 5.15. The Hall–Kier alpha value is -1.22. The summed E-state index contributed by atoms with van der Waals surface area (Å²) in [6.07, 6.45) is 1.61. The minimum absolute atomic E-state index is 0.487. The molecule has 0 heterocycles. The zero-order valence-corrected chi connectivity index (χ0v) is 11.5. The predicted octanol–water partition coefficient (Wildman–Crippen LogP) is 5.09. The molecule has 0 aromatic heterocycles. The van der Waals surface area contributed by atoms with E-state index in [0.717, 1.165) is 11.3 Å². The Kier molecular flexibility index (Phi) is 4.48.